The van der Waals surface area contributed by atoms with E-state index in [0.29, 0.717) is 24.5 Å². The van der Waals surface area contributed by atoms with Crippen LogP contribution in [0.3, 0.4) is 0 Å². The predicted molar refractivity (Wildman–Crippen MR) is 167 cm³/mol. The number of amides is 3. The maximum absolute atomic E-state index is 13.7. The zero-order valence-corrected chi connectivity index (χ0v) is 26.2. The first-order chi connectivity index (χ1) is 21.8. The number of epoxide rings is 1. The molecular formula is C34H45N3O8. The highest BCUT2D eigenvalue weighted by molar-refractivity contribution is 6.00. The number of Topliss-reactive ketones (excluding diaryl/α,β-unsaturated/α-hetero) is 1. The van der Waals surface area contributed by atoms with E-state index in [1.54, 1.807) is 31.2 Å². The van der Waals surface area contributed by atoms with Gasteiger partial charge in [-0.1, -0.05) is 62.1 Å². The van der Waals surface area contributed by atoms with Gasteiger partial charge in [-0.15, -0.1) is 0 Å². The van der Waals surface area contributed by atoms with Crippen molar-refractivity contribution in [2.45, 2.75) is 75.6 Å². The molecule has 4 rings (SSSR count). The highest BCUT2D eigenvalue weighted by atomic mass is 16.6. The van der Waals surface area contributed by atoms with Crippen molar-refractivity contribution in [3.8, 4) is 5.75 Å². The average Bonchev–Trinajstić information content (AvgIpc) is 3.80. The molecule has 2 bridgehead atoms. The number of ether oxygens (including phenoxy) is 4. The van der Waals surface area contributed by atoms with E-state index in [1.165, 1.54) is 7.11 Å². The Labute approximate surface area is 264 Å². The molecule has 1 saturated heterocycles. The van der Waals surface area contributed by atoms with Gasteiger partial charge in [0.05, 0.1) is 32.5 Å². The number of carbonyl (C=O) groups is 4. The molecule has 11 nitrogen and oxygen atoms in total. The lowest BCUT2D eigenvalue weighted by Crippen LogP contribution is -2.59. The van der Waals surface area contributed by atoms with Gasteiger partial charge in [-0.3, -0.25) is 19.2 Å². The van der Waals surface area contributed by atoms with Crippen LogP contribution in [0.2, 0.25) is 0 Å². The van der Waals surface area contributed by atoms with Gasteiger partial charge in [-0.05, 0) is 49.9 Å². The molecule has 244 valence electrons. The van der Waals surface area contributed by atoms with Gasteiger partial charge in [0.25, 0.3) is 5.91 Å². The third kappa shape index (κ3) is 10.7. The zero-order valence-electron chi connectivity index (χ0n) is 26.2. The third-order valence-corrected chi connectivity index (χ3v) is 7.93. The fourth-order valence-corrected chi connectivity index (χ4v) is 5.13. The summed E-state index contributed by atoms with van der Waals surface area (Å²) in [6, 6.07) is 13.0. The van der Waals surface area contributed by atoms with Crippen LogP contribution in [0, 0.1) is 0 Å². The standard InChI is InChI=1S/C34H45N3O8/c1-34(23-45-34)30(38)27(19-24-13-8-7-9-14-24)35-33(41)29-22-43-17-10-5-3-4-6-11-18-44-26-16-12-15-25(20-26)31(39)36-28(21-42-2)32(40)37-29/h7-9,12-16,20,27-29H,3-6,10-11,17-19,21-23H2,1-2H3,(H,35,41)(H,36,39)(H,37,40)/t27-,28-,29-,34+/m0/s1. The summed E-state index contributed by atoms with van der Waals surface area (Å²) >= 11 is 0. The lowest BCUT2D eigenvalue weighted by molar-refractivity contribution is -0.134. The number of nitrogens with one attached hydrogen (secondary N) is 3. The van der Waals surface area contributed by atoms with E-state index >= 15 is 0 Å². The van der Waals surface area contributed by atoms with Gasteiger partial charge >= 0.3 is 0 Å². The summed E-state index contributed by atoms with van der Waals surface area (Å²) in [7, 11) is 1.42. The van der Waals surface area contributed by atoms with Gasteiger partial charge in [-0.2, -0.15) is 0 Å². The second kappa shape index (κ2) is 17.0. The quantitative estimate of drug-likeness (QED) is 0.381. The van der Waals surface area contributed by atoms with Gasteiger partial charge in [0.15, 0.2) is 5.78 Å². The van der Waals surface area contributed by atoms with Crippen molar-refractivity contribution in [2.75, 3.05) is 40.1 Å². The minimum atomic E-state index is -1.13. The van der Waals surface area contributed by atoms with E-state index in [-0.39, 0.29) is 32.0 Å². The summed E-state index contributed by atoms with van der Waals surface area (Å²) in [6.07, 6.45) is 6.08. The van der Waals surface area contributed by atoms with Crippen LogP contribution in [0.4, 0.5) is 0 Å². The number of ketones is 1. The fourth-order valence-electron chi connectivity index (χ4n) is 5.13. The Morgan fingerprint density at radius 3 is 2.40 bits per heavy atom. The molecule has 0 radical (unpaired) electrons. The number of carbonyl (C=O) groups excluding carboxylic acids is 4. The SMILES string of the molecule is COC[C@@H]1NC(=O)c2cccc(c2)OCCCCCCCCOC[C@@H](C(=O)N[C@@H](Cc2ccccc2)C(=O)[C@@]2(C)CO2)NC1=O. The molecule has 11 heteroatoms. The van der Waals surface area contributed by atoms with Crippen LogP contribution in [-0.4, -0.2) is 87.4 Å². The van der Waals surface area contributed by atoms with Crippen molar-refractivity contribution < 1.29 is 38.1 Å². The number of hydrogen-bond acceptors (Lipinski definition) is 8. The Bertz CT molecular complexity index is 1280. The van der Waals surface area contributed by atoms with Crippen LogP contribution >= 0.6 is 0 Å². The third-order valence-electron chi connectivity index (χ3n) is 7.93. The molecule has 2 aliphatic rings. The Hall–Kier alpha value is -3.80. The Balaban J connectivity index is 1.51. The first-order valence-electron chi connectivity index (χ1n) is 15.7. The van der Waals surface area contributed by atoms with Gasteiger partial charge in [-0.25, -0.2) is 0 Å². The number of methoxy groups -OCH3 is 1. The lowest BCUT2D eigenvalue weighted by Gasteiger charge is -2.26. The van der Waals surface area contributed by atoms with Crippen LogP contribution in [-0.2, 0) is 35.0 Å². The van der Waals surface area contributed by atoms with Crippen LogP contribution < -0.4 is 20.7 Å². The van der Waals surface area contributed by atoms with Crippen molar-refractivity contribution in [2.24, 2.45) is 0 Å². The molecule has 45 heavy (non-hydrogen) atoms. The fraction of sp³-hybridized carbons (Fsp3) is 0.529. The van der Waals surface area contributed by atoms with E-state index in [1.807, 2.05) is 30.3 Å². The summed E-state index contributed by atoms with van der Waals surface area (Å²) in [5, 5.41) is 8.28. The van der Waals surface area contributed by atoms with Gasteiger partial charge in [0.2, 0.25) is 11.8 Å². The van der Waals surface area contributed by atoms with Crippen molar-refractivity contribution in [3.05, 3.63) is 65.7 Å². The molecule has 0 spiro atoms. The molecule has 1 fully saturated rings. The second-order valence-electron chi connectivity index (χ2n) is 11.7. The van der Waals surface area contributed by atoms with Gasteiger partial charge in [0, 0.05) is 19.3 Å². The molecule has 2 aliphatic heterocycles. The van der Waals surface area contributed by atoms with Crippen LogP contribution in [0.15, 0.2) is 54.6 Å². The van der Waals surface area contributed by atoms with E-state index in [0.717, 1.165) is 44.1 Å². The van der Waals surface area contributed by atoms with Crippen molar-refractivity contribution in [1.82, 2.24) is 16.0 Å². The highest BCUT2D eigenvalue weighted by Gasteiger charge is 2.50. The number of fused-ring (bicyclic) bond motifs is 2. The second-order valence-corrected chi connectivity index (χ2v) is 11.7. The van der Waals surface area contributed by atoms with Crippen molar-refractivity contribution in [1.29, 1.82) is 0 Å². The molecule has 0 unspecified atom stereocenters. The maximum atomic E-state index is 13.7. The average molecular weight is 624 g/mol. The molecule has 3 amide bonds. The minimum Gasteiger partial charge on any atom is -0.494 e. The molecule has 0 aliphatic carbocycles. The van der Waals surface area contributed by atoms with Crippen LogP contribution in [0.25, 0.3) is 0 Å². The van der Waals surface area contributed by atoms with Gasteiger partial charge < -0.3 is 34.9 Å². The molecule has 2 aromatic rings. The summed E-state index contributed by atoms with van der Waals surface area (Å²) in [4.78, 5) is 53.7. The molecule has 0 saturated carbocycles. The maximum Gasteiger partial charge on any atom is 0.252 e. The largest absolute Gasteiger partial charge is 0.494 e. The molecule has 3 N–H and O–H groups in total. The smallest absolute Gasteiger partial charge is 0.252 e. The number of hydrogen-bond donors (Lipinski definition) is 3. The molecule has 4 atom stereocenters. The van der Waals surface area contributed by atoms with E-state index in [2.05, 4.69) is 16.0 Å². The van der Waals surface area contributed by atoms with E-state index in [9.17, 15) is 19.2 Å². The van der Waals surface area contributed by atoms with E-state index in [4.69, 9.17) is 18.9 Å². The first-order valence-corrected chi connectivity index (χ1v) is 15.7. The minimum absolute atomic E-state index is 0.107. The lowest BCUT2D eigenvalue weighted by atomic mass is 9.94. The van der Waals surface area contributed by atoms with Gasteiger partial charge in [0.1, 0.15) is 23.4 Å². The van der Waals surface area contributed by atoms with Crippen molar-refractivity contribution >= 4 is 23.5 Å². The number of rotatable bonds is 8. The van der Waals surface area contributed by atoms with Crippen LogP contribution in [0.5, 0.6) is 5.75 Å². The van der Waals surface area contributed by atoms with Crippen molar-refractivity contribution in [3.63, 3.8) is 0 Å². The Morgan fingerprint density at radius 1 is 0.978 bits per heavy atom. The molecule has 2 heterocycles. The molecule has 0 aromatic heterocycles. The highest BCUT2D eigenvalue weighted by Crippen LogP contribution is 2.29. The summed E-state index contributed by atoms with van der Waals surface area (Å²) in [6.45, 7) is 2.71. The first kappa shape index (κ1) is 34.1. The Morgan fingerprint density at radius 2 is 1.69 bits per heavy atom. The summed E-state index contributed by atoms with van der Waals surface area (Å²) in [5.41, 5.74) is 0.235. The predicted octanol–water partition coefficient (Wildman–Crippen LogP) is 2.75. The molecule has 2 aromatic carbocycles. The van der Waals surface area contributed by atoms with E-state index < -0.39 is 41.4 Å². The summed E-state index contributed by atoms with van der Waals surface area (Å²) in [5.74, 6) is -1.36. The Kier molecular flexibility index (Phi) is 12.9. The normalized spacial score (nSPS) is 24.2. The monoisotopic (exact) mass is 623 g/mol. The zero-order chi connectivity index (χ0) is 32.1. The van der Waals surface area contributed by atoms with Crippen LogP contribution in [0.1, 0.15) is 61.4 Å². The molecular weight excluding hydrogens is 578 g/mol. The number of benzene rings is 2. The summed E-state index contributed by atoms with van der Waals surface area (Å²) < 4.78 is 22.3. The topological polar surface area (TPSA) is 145 Å².